The van der Waals surface area contributed by atoms with E-state index < -0.39 is 0 Å². The standard InChI is InChI=1S/C13H20N2O/c1-9-4-11(9)7-15(3)13-5-10(2)14-6-12(13)8-16/h5-6,9,11,16H,4,7-8H2,1-3H3. The van der Waals surface area contributed by atoms with Crippen molar-refractivity contribution in [2.24, 2.45) is 11.8 Å². The van der Waals surface area contributed by atoms with Gasteiger partial charge in [0.05, 0.1) is 6.61 Å². The van der Waals surface area contributed by atoms with Crippen LogP contribution in [0, 0.1) is 18.8 Å². The van der Waals surface area contributed by atoms with E-state index in [-0.39, 0.29) is 6.61 Å². The molecule has 0 aliphatic heterocycles. The molecule has 0 bridgehead atoms. The van der Waals surface area contributed by atoms with E-state index in [9.17, 15) is 5.11 Å². The lowest BCUT2D eigenvalue weighted by Crippen LogP contribution is -2.22. The first-order valence-electron chi connectivity index (χ1n) is 5.89. The summed E-state index contributed by atoms with van der Waals surface area (Å²) in [6.45, 7) is 5.42. The van der Waals surface area contributed by atoms with Gasteiger partial charge in [0.2, 0.25) is 0 Å². The second-order valence-electron chi connectivity index (χ2n) is 4.97. The maximum absolute atomic E-state index is 9.29. The van der Waals surface area contributed by atoms with E-state index in [4.69, 9.17) is 0 Å². The minimum Gasteiger partial charge on any atom is -0.392 e. The average Bonchev–Trinajstić information content (AvgIpc) is 2.94. The van der Waals surface area contributed by atoms with Crippen molar-refractivity contribution in [3.8, 4) is 0 Å². The predicted molar refractivity (Wildman–Crippen MR) is 65.4 cm³/mol. The van der Waals surface area contributed by atoms with E-state index in [0.29, 0.717) is 0 Å². The van der Waals surface area contributed by atoms with Crippen LogP contribution in [0.2, 0.25) is 0 Å². The van der Waals surface area contributed by atoms with Crippen LogP contribution in [0.5, 0.6) is 0 Å². The maximum Gasteiger partial charge on any atom is 0.0717 e. The SMILES string of the molecule is Cc1cc(N(C)CC2CC2C)c(CO)cn1. The molecule has 1 N–H and O–H groups in total. The van der Waals surface area contributed by atoms with Crippen LogP contribution in [0.1, 0.15) is 24.6 Å². The smallest absolute Gasteiger partial charge is 0.0717 e. The number of aliphatic hydroxyl groups excluding tert-OH is 1. The molecule has 2 unspecified atom stereocenters. The third-order valence-electron chi connectivity index (χ3n) is 3.46. The molecule has 2 atom stereocenters. The number of aromatic nitrogens is 1. The molecule has 3 heteroatoms. The summed E-state index contributed by atoms with van der Waals surface area (Å²) in [7, 11) is 2.10. The average molecular weight is 220 g/mol. The Morgan fingerprint density at radius 1 is 1.56 bits per heavy atom. The Balaban J connectivity index is 2.13. The third-order valence-corrected chi connectivity index (χ3v) is 3.46. The Morgan fingerprint density at radius 2 is 2.25 bits per heavy atom. The van der Waals surface area contributed by atoms with Crippen molar-refractivity contribution < 1.29 is 5.11 Å². The minimum atomic E-state index is 0.0627. The molecule has 1 fully saturated rings. The van der Waals surface area contributed by atoms with Crippen molar-refractivity contribution in [1.82, 2.24) is 4.98 Å². The molecule has 3 nitrogen and oxygen atoms in total. The molecular weight excluding hydrogens is 200 g/mol. The zero-order chi connectivity index (χ0) is 11.7. The summed E-state index contributed by atoms with van der Waals surface area (Å²) in [5.41, 5.74) is 3.04. The number of aryl methyl sites for hydroxylation is 1. The van der Waals surface area contributed by atoms with Gasteiger partial charge in [0.1, 0.15) is 0 Å². The summed E-state index contributed by atoms with van der Waals surface area (Å²) in [5.74, 6) is 1.69. The molecule has 0 saturated heterocycles. The molecule has 88 valence electrons. The highest BCUT2D eigenvalue weighted by Gasteiger charge is 2.33. The van der Waals surface area contributed by atoms with E-state index in [2.05, 4.69) is 29.9 Å². The number of hydrogen-bond donors (Lipinski definition) is 1. The molecule has 0 aromatic carbocycles. The highest BCUT2D eigenvalue weighted by molar-refractivity contribution is 5.52. The highest BCUT2D eigenvalue weighted by Crippen LogP contribution is 2.39. The fourth-order valence-electron chi connectivity index (χ4n) is 2.15. The fraction of sp³-hybridized carbons (Fsp3) is 0.615. The molecular formula is C13H20N2O. The van der Waals surface area contributed by atoms with Crippen molar-refractivity contribution in [2.75, 3.05) is 18.5 Å². The molecule has 0 amide bonds. The number of hydrogen-bond acceptors (Lipinski definition) is 3. The van der Waals surface area contributed by atoms with Crippen LogP contribution < -0.4 is 4.90 Å². The molecule has 1 aliphatic carbocycles. The molecule has 1 heterocycles. The van der Waals surface area contributed by atoms with Crippen molar-refractivity contribution in [3.63, 3.8) is 0 Å². The van der Waals surface area contributed by atoms with E-state index >= 15 is 0 Å². The van der Waals surface area contributed by atoms with E-state index in [1.807, 2.05) is 6.92 Å². The number of aliphatic hydroxyl groups is 1. The van der Waals surface area contributed by atoms with Crippen LogP contribution in [0.25, 0.3) is 0 Å². The second-order valence-corrected chi connectivity index (χ2v) is 4.97. The zero-order valence-corrected chi connectivity index (χ0v) is 10.3. The normalized spacial score (nSPS) is 23.2. The molecule has 1 aromatic heterocycles. The molecule has 1 aliphatic rings. The molecule has 16 heavy (non-hydrogen) atoms. The molecule has 0 radical (unpaired) electrons. The van der Waals surface area contributed by atoms with Crippen LogP contribution >= 0.6 is 0 Å². The summed E-state index contributed by atoms with van der Waals surface area (Å²) in [4.78, 5) is 6.46. The van der Waals surface area contributed by atoms with E-state index in [1.54, 1.807) is 6.20 Å². The van der Waals surface area contributed by atoms with Crippen molar-refractivity contribution >= 4 is 5.69 Å². The van der Waals surface area contributed by atoms with E-state index in [0.717, 1.165) is 35.3 Å². The van der Waals surface area contributed by atoms with Gasteiger partial charge in [-0.25, -0.2) is 0 Å². The summed E-state index contributed by atoms with van der Waals surface area (Å²) >= 11 is 0. The van der Waals surface area contributed by atoms with Gasteiger partial charge in [-0.05, 0) is 31.2 Å². The van der Waals surface area contributed by atoms with Gasteiger partial charge in [-0.2, -0.15) is 0 Å². The second kappa shape index (κ2) is 4.42. The zero-order valence-electron chi connectivity index (χ0n) is 10.3. The van der Waals surface area contributed by atoms with Crippen LogP contribution in [0.4, 0.5) is 5.69 Å². The molecule has 1 saturated carbocycles. The van der Waals surface area contributed by atoms with Crippen LogP contribution in [-0.4, -0.2) is 23.7 Å². The Morgan fingerprint density at radius 3 is 2.81 bits per heavy atom. The highest BCUT2D eigenvalue weighted by atomic mass is 16.3. The minimum absolute atomic E-state index is 0.0627. The first-order chi connectivity index (χ1) is 7.61. The first kappa shape index (κ1) is 11.4. The third kappa shape index (κ3) is 2.35. The van der Waals surface area contributed by atoms with Crippen molar-refractivity contribution in [2.45, 2.75) is 26.9 Å². The predicted octanol–water partition coefficient (Wildman–Crippen LogP) is 1.97. The van der Waals surface area contributed by atoms with Crippen LogP contribution in [0.15, 0.2) is 12.3 Å². The van der Waals surface area contributed by atoms with Crippen LogP contribution in [-0.2, 0) is 6.61 Å². The summed E-state index contributed by atoms with van der Waals surface area (Å²) in [6.07, 6.45) is 3.11. The van der Waals surface area contributed by atoms with Gasteiger partial charge in [0, 0.05) is 36.7 Å². The quantitative estimate of drug-likeness (QED) is 0.843. The van der Waals surface area contributed by atoms with Crippen LogP contribution in [0.3, 0.4) is 0 Å². The van der Waals surface area contributed by atoms with Crippen molar-refractivity contribution in [1.29, 1.82) is 0 Å². The Bertz CT molecular complexity index is 378. The fourth-order valence-corrected chi connectivity index (χ4v) is 2.15. The lowest BCUT2D eigenvalue weighted by atomic mass is 10.2. The Kier molecular flexibility index (Phi) is 3.15. The monoisotopic (exact) mass is 220 g/mol. The van der Waals surface area contributed by atoms with Gasteiger partial charge in [0.15, 0.2) is 0 Å². The van der Waals surface area contributed by atoms with Crippen molar-refractivity contribution in [3.05, 3.63) is 23.5 Å². The van der Waals surface area contributed by atoms with Gasteiger partial charge >= 0.3 is 0 Å². The number of nitrogens with zero attached hydrogens (tertiary/aromatic N) is 2. The maximum atomic E-state index is 9.29. The van der Waals surface area contributed by atoms with Gasteiger partial charge in [-0.1, -0.05) is 6.92 Å². The van der Waals surface area contributed by atoms with E-state index in [1.165, 1.54) is 6.42 Å². The lowest BCUT2D eigenvalue weighted by molar-refractivity contribution is 0.281. The number of pyridine rings is 1. The molecule has 1 aromatic rings. The van der Waals surface area contributed by atoms with Gasteiger partial charge in [-0.3, -0.25) is 4.98 Å². The van der Waals surface area contributed by atoms with Gasteiger partial charge in [0.25, 0.3) is 0 Å². The number of rotatable bonds is 4. The van der Waals surface area contributed by atoms with Gasteiger partial charge < -0.3 is 10.0 Å². The summed E-state index contributed by atoms with van der Waals surface area (Å²) in [5, 5.41) is 9.29. The Hall–Kier alpha value is -1.09. The largest absolute Gasteiger partial charge is 0.392 e. The first-order valence-corrected chi connectivity index (χ1v) is 5.89. The number of anilines is 1. The Labute approximate surface area is 97.1 Å². The molecule has 0 spiro atoms. The summed E-state index contributed by atoms with van der Waals surface area (Å²) in [6, 6.07) is 2.05. The lowest BCUT2D eigenvalue weighted by Gasteiger charge is -2.22. The molecule has 2 rings (SSSR count). The van der Waals surface area contributed by atoms with Gasteiger partial charge in [-0.15, -0.1) is 0 Å². The topological polar surface area (TPSA) is 36.4 Å². The summed E-state index contributed by atoms with van der Waals surface area (Å²) < 4.78 is 0.